The van der Waals surface area contributed by atoms with Crippen molar-refractivity contribution < 1.29 is 18.4 Å². The molecule has 1 atom stereocenters. The average Bonchev–Trinajstić information content (AvgIpc) is 3.10. The van der Waals surface area contributed by atoms with Crippen molar-refractivity contribution in [2.45, 2.75) is 25.2 Å². The zero-order valence-corrected chi connectivity index (χ0v) is 14.1. The molecule has 0 radical (unpaired) electrons. The van der Waals surface area contributed by atoms with E-state index in [0.717, 1.165) is 0 Å². The molecule has 2 aliphatic heterocycles. The van der Waals surface area contributed by atoms with Gasteiger partial charge in [0.25, 0.3) is 0 Å². The maximum atomic E-state index is 13.9. The van der Waals surface area contributed by atoms with Crippen LogP contribution in [0.2, 0.25) is 0 Å². The predicted molar refractivity (Wildman–Crippen MR) is 89.8 cm³/mol. The van der Waals surface area contributed by atoms with Crippen LogP contribution in [0.25, 0.3) is 0 Å². The summed E-state index contributed by atoms with van der Waals surface area (Å²) in [5.74, 6) is -1.59. The molecule has 4 nitrogen and oxygen atoms in total. The van der Waals surface area contributed by atoms with Crippen molar-refractivity contribution in [3.63, 3.8) is 0 Å². The number of halogens is 2. The lowest BCUT2D eigenvalue weighted by Gasteiger charge is -2.32. The number of nitrogens with zero attached hydrogens (tertiary/aromatic N) is 2. The first-order valence-electron chi connectivity index (χ1n) is 8.65. The Labute approximate surface area is 146 Å². The largest absolute Gasteiger partial charge is 0.342 e. The summed E-state index contributed by atoms with van der Waals surface area (Å²) in [6.45, 7) is 5.43. The van der Waals surface area contributed by atoms with Crippen LogP contribution in [-0.2, 0) is 9.59 Å². The molecular formula is C19H22F2N2O2. The van der Waals surface area contributed by atoms with Crippen LogP contribution >= 0.6 is 0 Å². The molecule has 0 aliphatic carbocycles. The van der Waals surface area contributed by atoms with E-state index in [1.807, 2.05) is 0 Å². The third kappa shape index (κ3) is 3.57. The Bertz CT molecular complexity index is 664. The van der Waals surface area contributed by atoms with Crippen LogP contribution in [0, 0.1) is 17.6 Å². The third-order valence-corrected chi connectivity index (χ3v) is 5.24. The van der Waals surface area contributed by atoms with Crippen LogP contribution < -0.4 is 0 Å². The van der Waals surface area contributed by atoms with E-state index in [9.17, 15) is 18.4 Å². The number of carbonyl (C=O) groups excluding carboxylic acids is 2. The van der Waals surface area contributed by atoms with E-state index >= 15 is 0 Å². The van der Waals surface area contributed by atoms with Gasteiger partial charge in [0.05, 0.1) is 0 Å². The summed E-state index contributed by atoms with van der Waals surface area (Å²) < 4.78 is 27.9. The van der Waals surface area contributed by atoms with Gasteiger partial charge in [-0.15, -0.1) is 0 Å². The molecule has 2 amide bonds. The lowest BCUT2D eigenvalue weighted by atomic mass is 9.95. The highest BCUT2D eigenvalue weighted by atomic mass is 19.1. The number of rotatable bonds is 3. The van der Waals surface area contributed by atoms with E-state index in [-0.39, 0.29) is 29.2 Å². The fraction of sp³-hybridized carbons (Fsp3) is 0.474. The number of hydrogen-bond donors (Lipinski definition) is 0. The van der Waals surface area contributed by atoms with Gasteiger partial charge in [0.15, 0.2) is 0 Å². The molecule has 134 valence electrons. The molecule has 6 heteroatoms. The molecule has 1 unspecified atom stereocenters. The topological polar surface area (TPSA) is 40.6 Å². The molecule has 2 aliphatic rings. The summed E-state index contributed by atoms with van der Waals surface area (Å²) in [4.78, 5) is 27.7. The molecule has 25 heavy (non-hydrogen) atoms. The molecule has 2 saturated heterocycles. The molecule has 1 aromatic carbocycles. The molecule has 2 heterocycles. The summed E-state index contributed by atoms with van der Waals surface area (Å²) in [6.07, 6.45) is 3.09. The molecule has 2 fully saturated rings. The van der Waals surface area contributed by atoms with Gasteiger partial charge >= 0.3 is 0 Å². The highest BCUT2D eigenvalue weighted by Gasteiger charge is 2.35. The maximum Gasteiger partial charge on any atom is 0.245 e. The van der Waals surface area contributed by atoms with Crippen molar-refractivity contribution in [3.8, 4) is 0 Å². The summed E-state index contributed by atoms with van der Waals surface area (Å²) >= 11 is 0. The summed E-state index contributed by atoms with van der Waals surface area (Å²) in [5, 5.41) is 0. The van der Waals surface area contributed by atoms with E-state index in [1.54, 1.807) is 9.80 Å². The molecule has 0 spiro atoms. The number of likely N-dealkylation sites (tertiary alicyclic amines) is 2. The Kier molecular flexibility index (Phi) is 5.16. The Morgan fingerprint density at radius 2 is 1.64 bits per heavy atom. The lowest BCUT2D eigenvalue weighted by molar-refractivity contribution is -0.138. The molecular weight excluding hydrogens is 326 g/mol. The Balaban J connectivity index is 1.60. The van der Waals surface area contributed by atoms with E-state index in [4.69, 9.17) is 0 Å². The van der Waals surface area contributed by atoms with E-state index in [2.05, 4.69) is 6.58 Å². The van der Waals surface area contributed by atoms with E-state index < -0.39 is 11.6 Å². The van der Waals surface area contributed by atoms with Crippen molar-refractivity contribution in [1.82, 2.24) is 9.80 Å². The zero-order chi connectivity index (χ0) is 18.0. The maximum absolute atomic E-state index is 13.9. The second-order valence-electron chi connectivity index (χ2n) is 6.71. The summed E-state index contributed by atoms with van der Waals surface area (Å²) in [6, 6.07) is 3.87. The number of piperidine rings is 1. The standard InChI is InChI=1S/C19H22F2N2O2/c1-2-17(24)22-9-6-13(7-10-22)19(25)23-11-8-14(12-23)18-15(20)4-3-5-16(18)21/h2-5,13-14H,1,6-12H2. The van der Waals surface area contributed by atoms with Crippen molar-refractivity contribution in [3.05, 3.63) is 48.1 Å². The van der Waals surface area contributed by atoms with Gasteiger partial charge in [-0.05, 0) is 37.5 Å². The van der Waals surface area contributed by atoms with Gasteiger partial charge in [-0.2, -0.15) is 0 Å². The first-order chi connectivity index (χ1) is 12.0. The lowest BCUT2D eigenvalue weighted by Crippen LogP contribution is -2.43. The van der Waals surface area contributed by atoms with Crippen LogP contribution in [0.4, 0.5) is 8.78 Å². The van der Waals surface area contributed by atoms with Crippen LogP contribution in [0.3, 0.4) is 0 Å². The van der Waals surface area contributed by atoms with Crippen molar-refractivity contribution in [2.24, 2.45) is 5.92 Å². The van der Waals surface area contributed by atoms with Gasteiger partial charge in [0, 0.05) is 43.6 Å². The molecule has 0 bridgehead atoms. The Morgan fingerprint density at radius 3 is 2.24 bits per heavy atom. The minimum absolute atomic E-state index is 0.0324. The molecule has 0 saturated carbocycles. The first kappa shape index (κ1) is 17.6. The number of amides is 2. The van der Waals surface area contributed by atoms with Crippen LogP contribution in [0.5, 0.6) is 0 Å². The summed E-state index contributed by atoms with van der Waals surface area (Å²) in [5.41, 5.74) is 0.0872. The minimum Gasteiger partial charge on any atom is -0.342 e. The second kappa shape index (κ2) is 7.33. The van der Waals surface area contributed by atoms with Gasteiger partial charge in [-0.1, -0.05) is 12.6 Å². The highest BCUT2D eigenvalue weighted by molar-refractivity contribution is 5.87. The Hall–Kier alpha value is -2.24. The molecule has 1 aromatic rings. The second-order valence-corrected chi connectivity index (χ2v) is 6.71. The fourth-order valence-electron chi connectivity index (χ4n) is 3.83. The average molecular weight is 348 g/mol. The smallest absolute Gasteiger partial charge is 0.245 e. The van der Waals surface area contributed by atoms with Crippen LogP contribution in [0.1, 0.15) is 30.7 Å². The number of hydrogen-bond acceptors (Lipinski definition) is 2. The van der Waals surface area contributed by atoms with E-state index in [1.165, 1.54) is 24.3 Å². The third-order valence-electron chi connectivity index (χ3n) is 5.24. The highest BCUT2D eigenvalue weighted by Crippen LogP contribution is 2.32. The van der Waals surface area contributed by atoms with Crippen molar-refractivity contribution in [1.29, 1.82) is 0 Å². The Morgan fingerprint density at radius 1 is 1.04 bits per heavy atom. The fourth-order valence-corrected chi connectivity index (χ4v) is 3.83. The van der Waals surface area contributed by atoms with Gasteiger partial charge in [-0.25, -0.2) is 8.78 Å². The number of benzene rings is 1. The SMILES string of the molecule is C=CC(=O)N1CCC(C(=O)N2CCC(c3c(F)cccc3F)C2)CC1. The zero-order valence-electron chi connectivity index (χ0n) is 14.1. The van der Waals surface area contributed by atoms with Gasteiger partial charge in [0.2, 0.25) is 11.8 Å². The summed E-state index contributed by atoms with van der Waals surface area (Å²) in [7, 11) is 0. The minimum atomic E-state index is -0.546. The number of carbonyl (C=O) groups is 2. The van der Waals surface area contributed by atoms with Crippen molar-refractivity contribution >= 4 is 11.8 Å². The normalized spacial score (nSPS) is 21.4. The van der Waals surface area contributed by atoms with Gasteiger partial charge in [0.1, 0.15) is 11.6 Å². The van der Waals surface area contributed by atoms with Crippen LogP contribution in [-0.4, -0.2) is 47.8 Å². The van der Waals surface area contributed by atoms with Gasteiger partial charge in [-0.3, -0.25) is 9.59 Å². The molecule has 3 rings (SSSR count). The van der Waals surface area contributed by atoms with Crippen LogP contribution in [0.15, 0.2) is 30.9 Å². The van der Waals surface area contributed by atoms with E-state index in [0.29, 0.717) is 45.4 Å². The monoisotopic (exact) mass is 348 g/mol. The predicted octanol–water partition coefficient (Wildman–Crippen LogP) is 2.71. The van der Waals surface area contributed by atoms with Crippen molar-refractivity contribution in [2.75, 3.05) is 26.2 Å². The first-order valence-corrected chi connectivity index (χ1v) is 8.65. The van der Waals surface area contributed by atoms with Gasteiger partial charge < -0.3 is 9.80 Å². The molecule has 0 N–H and O–H groups in total. The molecule has 0 aromatic heterocycles. The quantitative estimate of drug-likeness (QED) is 0.788.